The average Bonchev–Trinajstić information content (AvgIpc) is 2.44. The van der Waals surface area contributed by atoms with Crippen molar-refractivity contribution in [2.75, 3.05) is 20.8 Å². The molecule has 2 heterocycles. The monoisotopic (exact) mass is 262 g/mol. The quantitative estimate of drug-likeness (QED) is 0.883. The molecule has 0 saturated carbocycles. The van der Waals surface area contributed by atoms with E-state index >= 15 is 0 Å². The number of hydrogen-bond acceptors (Lipinski definition) is 4. The number of benzene rings is 1. The summed E-state index contributed by atoms with van der Waals surface area (Å²) in [6.45, 7) is 0.971. The van der Waals surface area contributed by atoms with Gasteiger partial charge in [0.05, 0.1) is 6.10 Å². The van der Waals surface area contributed by atoms with Gasteiger partial charge in [0.25, 0.3) is 0 Å². The second-order valence-electron chi connectivity index (χ2n) is 5.46. The first-order chi connectivity index (χ1) is 9.26. The van der Waals surface area contributed by atoms with Crippen LogP contribution in [0.3, 0.4) is 0 Å². The number of nitrogens with two attached hydrogens (primary N) is 1. The standard InChI is InChI=1S/C15H22N2O2/c1-18-14-11-5-3-4-6-12(11)15(19-2)17-8-7-10(16)9-13(14)17/h3-6,10,13-15H,7-9,16H2,1-2H3. The molecule has 2 aliphatic heterocycles. The number of fused-ring (bicyclic) bond motifs is 2. The van der Waals surface area contributed by atoms with E-state index in [-0.39, 0.29) is 18.4 Å². The Morgan fingerprint density at radius 1 is 1.16 bits per heavy atom. The number of ether oxygens (including phenoxy) is 2. The van der Waals surface area contributed by atoms with Gasteiger partial charge in [-0.25, -0.2) is 0 Å². The molecule has 0 aromatic heterocycles. The van der Waals surface area contributed by atoms with Crippen molar-refractivity contribution in [3.8, 4) is 0 Å². The maximum absolute atomic E-state index is 6.14. The molecule has 0 amide bonds. The van der Waals surface area contributed by atoms with Crippen LogP contribution in [0.2, 0.25) is 0 Å². The lowest BCUT2D eigenvalue weighted by Gasteiger charge is -2.49. The van der Waals surface area contributed by atoms with Gasteiger partial charge in [-0.3, -0.25) is 4.90 Å². The first kappa shape index (κ1) is 13.1. The van der Waals surface area contributed by atoms with E-state index in [1.54, 1.807) is 14.2 Å². The van der Waals surface area contributed by atoms with Gasteiger partial charge in [-0.05, 0) is 18.4 Å². The van der Waals surface area contributed by atoms with Gasteiger partial charge >= 0.3 is 0 Å². The lowest BCUT2D eigenvalue weighted by atomic mass is 9.83. The van der Waals surface area contributed by atoms with Crippen molar-refractivity contribution in [2.45, 2.75) is 37.3 Å². The molecule has 2 N–H and O–H groups in total. The number of hydrogen-bond donors (Lipinski definition) is 1. The molecule has 0 bridgehead atoms. The van der Waals surface area contributed by atoms with Crippen LogP contribution in [0.4, 0.5) is 0 Å². The van der Waals surface area contributed by atoms with E-state index in [4.69, 9.17) is 15.2 Å². The zero-order valence-electron chi connectivity index (χ0n) is 11.6. The van der Waals surface area contributed by atoms with E-state index in [1.165, 1.54) is 11.1 Å². The third kappa shape index (κ3) is 2.09. The topological polar surface area (TPSA) is 47.7 Å². The summed E-state index contributed by atoms with van der Waals surface area (Å²) < 4.78 is 11.5. The van der Waals surface area contributed by atoms with E-state index in [0.717, 1.165) is 19.4 Å². The molecule has 2 aliphatic rings. The summed E-state index contributed by atoms with van der Waals surface area (Å²) in [6, 6.07) is 8.99. The second kappa shape index (κ2) is 5.21. The Morgan fingerprint density at radius 3 is 2.58 bits per heavy atom. The van der Waals surface area contributed by atoms with E-state index < -0.39 is 0 Å². The number of rotatable bonds is 2. The van der Waals surface area contributed by atoms with Crippen molar-refractivity contribution in [2.24, 2.45) is 5.73 Å². The maximum Gasteiger partial charge on any atom is 0.137 e. The molecule has 0 radical (unpaired) electrons. The van der Waals surface area contributed by atoms with Crippen molar-refractivity contribution < 1.29 is 9.47 Å². The molecular formula is C15H22N2O2. The lowest BCUT2D eigenvalue weighted by Crippen LogP contribution is -2.54. The molecule has 0 aliphatic carbocycles. The number of nitrogens with zero attached hydrogens (tertiary/aromatic N) is 1. The average molecular weight is 262 g/mol. The highest BCUT2D eigenvalue weighted by molar-refractivity contribution is 5.35. The summed E-state index contributed by atoms with van der Waals surface area (Å²) in [5, 5.41) is 0. The van der Waals surface area contributed by atoms with Crippen LogP contribution in [-0.4, -0.2) is 37.7 Å². The van der Waals surface area contributed by atoms with E-state index in [2.05, 4.69) is 29.2 Å². The molecule has 1 fully saturated rings. The van der Waals surface area contributed by atoms with Gasteiger partial charge in [0.2, 0.25) is 0 Å². The molecule has 4 nitrogen and oxygen atoms in total. The molecule has 104 valence electrons. The minimum absolute atomic E-state index is 0.0279. The Kier molecular flexibility index (Phi) is 3.58. The molecule has 1 aromatic carbocycles. The van der Waals surface area contributed by atoms with Crippen LogP contribution in [0.25, 0.3) is 0 Å². The van der Waals surface area contributed by atoms with Crippen molar-refractivity contribution in [3.63, 3.8) is 0 Å². The normalized spacial score (nSPS) is 34.7. The Hall–Kier alpha value is -0.940. The van der Waals surface area contributed by atoms with E-state index in [1.807, 2.05) is 0 Å². The summed E-state index contributed by atoms with van der Waals surface area (Å²) in [5.41, 5.74) is 8.61. The predicted molar refractivity (Wildman–Crippen MR) is 73.6 cm³/mol. The van der Waals surface area contributed by atoms with Crippen LogP contribution in [0.1, 0.15) is 36.3 Å². The summed E-state index contributed by atoms with van der Waals surface area (Å²) in [6.07, 6.45) is 2.11. The smallest absolute Gasteiger partial charge is 0.137 e. The summed E-state index contributed by atoms with van der Waals surface area (Å²) in [4.78, 5) is 2.40. The fourth-order valence-electron chi connectivity index (χ4n) is 3.56. The van der Waals surface area contributed by atoms with Crippen LogP contribution >= 0.6 is 0 Å². The fraction of sp³-hybridized carbons (Fsp3) is 0.600. The molecule has 19 heavy (non-hydrogen) atoms. The molecule has 1 aromatic rings. The van der Waals surface area contributed by atoms with Crippen molar-refractivity contribution in [1.82, 2.24) is 4.90 Å². The summed E-state index contributed by atoms with van der Waals surface area (Å²) in [5.74, 6) is 0. The van der Waals surface area contributed by atoms with Gasteiger partial charge in [-0.2, -0.15) is 0 Å². The van der Waals surface area contributed by atoms with Crippen molar-refractivity contribution in [3.05, 3.63) is 35.4 Å². The Bertz CT molecular complexity index is 452. The van der Waals surface area contributed by atoms with Crippen LogP contribution in [-0.2, 0) is 9.47 Å². The maximum atomic E-state index is 6.14. The third-order valence-corrected chi connectivity index (χ3v) is 4.42. The van der Waals surface area contributed by atoms with Gasteiger partial charge < -0.3 is 15.2 Å². The van der Waals surface area contributed by atoms with E-state index in [9.17, 15) is 0 Å². The minimum atomic E-state index is 0.0279. The van der Waals surface area contributed by atoms with Crippen LogP contribution in [0, 0.1) is 0 Å². The Labute approximate surface area is 114 Å². The molecule has 0 spiro atoms. The van der Waals surface area contributed by atoms with Gasteiger partial charge in [0.1, 0.15) is 6.23 Å². The summed E-state index contributed by atoms with van der Waals surface area (Å²) >= 11 is 0. The highest BCUT2D eigenvalue weighted by atomic mass is 16.5. The predicted octanol–water partition coefficient (Wildman–Crippen LogP) is 1.82. The summed E-state index contributed by atoms with van der Waals surface area (Å²) in [7, 11) is 3.56. The third-order valence-electron chi connectivity index (χ3n) is 4.42. The highest BCUT2D eigenvalue weighted by Gasteiger charge is 2.43. The molecule has 3 rings (SSSR count). The second-order valence-corrected chi connectivity index (χ2v) is 5.46. The molecule has 4 unspecified atom stereocenters. The highest BCUT2D eigenvalue weighted by Crippen LogP contribution is 2.43. The molecule has 4 heteroatoms. The van der Waals surface area contributed by atoms with Gasteiger partial charge in [-0.15, -0.1) is 0 Å². The van der Waals surface area contributed by atoms with Crippen molar-refractivity contribution in [1.29, 1.82) is 0 Å². The lowest BCUT2D eigenvalue weighted by molar-refractivity contribution is -0.125. The largest absolute Gasteiger partial charge is 0.375 e. The zero-order chi connectivity index (χ0) is 13.4. The zero-order valence-corrected chi connectivity index (χ0v) is 11.6. The Morgan fingerprint density at radius 2 is 1.89 bits per heavy atom. The fourth-order valence-corrected chi connectivity index (χ4v) is 3.56. The molecule has 1 saturated heterocycles. The first-order valence-corrected chi connectivity index (χ1v) is 6.92. The van der Waals surface area contributed by atoms with Gasteiger partial charge in [0, 0.05) is 38.4 Å². The van der Waals surface area contributed by atoms with Crippen molar-refractivity contribution >= 4 is 0 Å². The molecule has 4 atom stereocenters. The minimum Gasteiger partial charge on any atom is -0.375 e. The number of piperidine rings is 1. The van der Waals surface area contributed by atoms with Gasteiger partial charge in [0.15, 0.2) is 0 Å². The SMILES string of the molecule is COC1c2ccccc2C(OC)N2CCC(N)CC12. The van der Waals surface area contributed by atoms with E-state index in [0.29, 0.717) is 6.04 Å². The van der Waals surface area contributed by atoms with Gasteiger partial charge in [-0.1, -0.05) is 24.3 Å². The Balaban J connectivity index is 2.05. The van der Waals surface area contributed by atoms with Crippen LogP contribution in [0.5, 0.6) is 0 Å². The van der Waals surface area contributed by atoms with Crippen LogP contribution in [0.15, 0.2) is 24.3 Å². The first-order valence-electron chi connectivity index (χ1n) is 6.92. The van der Waals surface area contributed by atoms with Crippen LogP contribution < -0.4 is 5.73 Å². The number of methoxy groups -OCH3 is 2. The molecular weight excluding hydrogens is 240 g/mol.